The van der Waals surface area contributed by atoms with E-state index >= 15 is 0 Å². The van der Waals surface area contributed by atoms with E-state index < -0.39 is 5.60 Å². The van der Waals surface area contributed by atoms with Crippen LogP contribution in [0.4, 0.5) is 0 Å². The summed E-state index contributed by atoms with van der Waals surface area (Å²) < 4.78 is 14.6. The molecule has 0 atom stereocenters. The van der Waals surface area contributed by atoms with Gasteiger partial charge in [0.25, 0.3) is 5.91 Å². The molecule has 0 N–H and O–H groups in total. The van der Waals surface area contributed by atoms with Gasteiger partial charge in [0.05, 0.1) is 17.7 Å². The molecule has 4 heterocycles. The van der Waals surface area contributed by atoms with Crippen LogP contribution in [0.3, 0.4) is 0 Å². The van der Waals surface area contributed by atoms with E-state index in [4.69, 9.17) is 14.1 Å². The molecule has 1 saturated carbocycles. The minimum absolute atomic E-state index is 0.0409. The number of carbonyl (C=O) groups is 1. The smallest absolute Gasteiger partial charge is 0.289 e. The first-order valence-electron chi connectivity index (χ1n) is 10.8. The summed E-state index contributed by atoms with van der Waals surface area (Å²) >= 11 is 0. The van der Waals surface area contributed by atoms with E-state index in [1.807, 2.05) is 42.4 Å². The van der Waals surface area contributed by atoms with Crippen molar-refractivity contribution in [3.05, 3.63) is 59.9 Å². The Labute approximate surface area is 175 Å². The van der Waals surface area contributed by atoms with E-state index in [-0.39, 0.29) is 5.91 Å². The van der Waals surface area contributed by atoms with Crippen LogP contribution >= 0.6 is 0 Å². The van der Waals surface area contributed by atoms with E-state index in [9.17, 15) is 4.79 Å². The second kappa shape index (κ2) is 6.49. The highest BCUT2D eigenvalue weighted by atomic mass is 16.5. The third kappa shape index (κ3) is 2.77. The highest BCUT2D eigenvalue weighted by molar-refractivity contribution is 5.91. The maximum Gasteiger partial charge on any atom is 0.289 e. The van der Waals surface area contributed by atoms with Crippen LogP contribution in [0.1, 0.15) is 47.7 Å². The number of aryl methyl sites for hydroxylation is 1. The molecule has 6 heteroatoms. The molecule has 2 fully saturated rings. The number of piperidine rings is 1. The van der Waals surface area contributed by atoms with Gasteiger partial charge in [0, 0.05) is 38.0 Å². The molecule has 2 aliphatic heterocycles. The third-order valence-corrected chi connectivity index (χ3v) is 6.68. The van der Waals surface area contributed by atoms with Gasteiger partial charge in [-0.15, -0.1) is 0 Å². The van der Waals surface area contributed by atoms with Crippen LogP contribution in [-0.2, 0) is 12.1 Å². The zero-order valence-electron chi connectivity index (χ0n) is 17.1. The highest BCUT2D eigenvalue weighted by Gasteiger charge is 2.47. The Kier molecular flexibility index (Phi) is 3.85. The van der Waals surface area contributed by atoms with Crippen molar-refractivity contribution < 1.29 is 13.9 Å². The minimum atomic E-state index is -0.440. The van der Waals surface area contributed by atoms with Crippen LogP contribution in [-0.4, -0.2) is 33.4 Å². The van der Waals surface area contributed by atoms with Crippen molar-refractivity contribution in [2.24, 2.45) is 5.92 Å². The Morgan fingerprint density at radius 3 is 2.70 bits per heavy atom. The molecule has 154 valence electrons. The normalized spacial score (nSPS) is 19.3. The fourth-order valence-electron chi connectivity index (χ4n) is 4.90. The number of fused-ring (bicyclic) bond motifs is 4. The molecule has 2 aromatic heterocycles. The number of hydrogen-bond donors (Lipinski definition) is 0. The molecule has 6 nitrogen and oxygen atoms in total. The number of rotatable bonds is 3. The van der Waals surface area contributed by atoms with Crippen LogP contribution in [0, 0.1) is 12.8 Å². The first-order chi connectivity index (χ1) is 14.6. The molecule has 1 amide bonds. The SMILES string of the molecule is Cc1ccc(C(=O)N2CCC3(CC2)Oc2ccccc2-c2ncn(CC4CC4)c23)o1. The van der Waals surface area contributed by atoms with Gasteiger partial charge in [-0.3, -0.25) is 4.79 Å². The molecule has 0 radical (unpaired) electrons. The van der Waals surface area contributed by atoms with Gasteiger partial charge in [0.1, 0.15) is 11.5 Å². The summed E-state index contributed by atoms with van der Waals surface area (Å²) in [5, 5.41) is 0. The van der Waals surface area contributed by atoms with Crippen LogP contribution in [0.5, 0.6) is 5.75 Å². The molecule has 3 aromatic rings. The lowest BCUT2D eigenvalue weighted by molar-refractivity contribution is -0.00825. The zero-order chi connectivity index (χ0) is 20.3. The number of para-hydroxylation sites is 1. The van der Waals surface area contributed by atoms with E-state index in [1.165, 1.54) is 18.5 Å². The Bertz CT molecular complexity index is 1120. The monoisotopic (exact) mass is 403 g/mol. The van der Waals surface area contributed by atoms with Crippen LogP contribution in [0.2, 0.25) is 0 Å². The van der Waals surface area contributed by atoms with Crippen molar-refractivity contribution in [3.8, 4) is 17.0 Å². The molecule has 3 aliphatic rings. The van der Waals surface area contributed by atoms with E-state index in [1.54, 1.807) is 6.07 Å². The van der Waals surface area contributed by atoms with Crippen molar-refractivity contribution in [1.29, 1.82) is 0 Å². The van der Waals surface area contributed by atoms with Crippen LogP contribution in [0.25, 0.3) is 11.3 Å². The van der Waals surface area contributed by atoms with Crippen molar-refractivity contribution in [2.75, 3.05) is 13.1 Å². The summed E-state index contributed by atoms with van der Waals surface area (Å²) in [6.45, 7) is 4.13. The summed E-state index contributed by atoms with van der Waals surface area (Å²) in [4.78, 5) is 19.6. The first-order valence-corrected chi connectivity index (χ1v) is 10.8. The molecule has 1 spiro atoms. The summed E-state index contributed by atoms with van der Waals surface area (Å²) in [7, 11) is 0. The van der Waals surface area contributed by atoms with Gasteiger partial charge in [-0.05, 0) is 49.9 Å². The quantitative estimate of drug-likeness (QED) is 0.651. The Balaban J connectivity index is 1.33. The Morgan fingerprint density at radius 2 is 1.97 bits per heavy atom. The van der Waals surface area contributed by atoms with Gasteiger partial charge >= 0.3 is 0 Å². The lowest BCUT2D eigenvalue weighted by Gasteiger charge is -2.44. The lowest BCUT2D eigenvalue weighted by atomic mass is 9.83. The van der Waals surface area contributed by atoms with E-state index in [0.717, 1.165) is 48.1 Å². The molecular weight excluding hydrogens is 378 g/mol. The zero-order valence-corrected chi connectivity index (χ0v) is 17.1. The average Bonchev–Trinajstić information content (AvgIpc) is 3.30. The summed E-state index contributed by atoms with van der Waals surface area (Å²) in [6, 6.07) is 11.8. The van der Waals surface area contributed by atoms with Crippen LogP contribution < -0.4 is 4.74 Å². The minimum Gasteiger partial charge on any atom is -0.480 e. The van der Waals surface area contributed by atoms with Crippen molar-refractivity contribution in [1.82, 2.24) is 14.5 Å². The molecule has 30 heavy (non-hydrogen) atoms. The van der Waals surface area contributed by atoms with Gasteiger partial charge < -0.3 is 18.6 Å². The van der Waals surface area contributed by atoms with Gasteiger partial charge in [-0.2, -0.15) is 0 Å². The Hall–Kier alpha value is -3.02. The number of amides is 1. The molecule has 1 aromatic carbocycles. The topological polar surface area (TPSA) is 60.5 Å². The number of benzene rings is 1. The fraction of sp³-hybridized carbons (Fsp3) is 0.417. The second-order valence-corrected chi connectivity index (χ2v) is 8.83. The van der Waals surface area contributed by atoms with E-state index in [2.05, 4.69) is 10.6 Å². The molecule has 1 saturated heterocycles. The number of furan rings is 1. The standard InChI is InChI=1S/C24H25N3O3/c1-16-6-9-20(29-16)23(28)26-12-10-24(11-13-26)22-21(18-4-2-3-5-19(18)30-24)25-15-27(22)14-17-7-8-17/h2-6,9,15,17H,7-8,10-14H2,1H3. The number of nitrogens with zero attached hydrogens (tertiary/aromatic N) is 3. The second-order valence-electron chi connectivity index (χ2n) is 8.83. The molecule has 0 unspecified atom stereocenters. The summed E-state index contributed by atoms with van der Waals surface area (Å²) in [5.74, 6) is 2.77. The largest absolute Gasteiger partial charge is 0.480 e. The maximum atomic E-state index is 12.9. The van der Waals surface area contributed by atoms with Crippen molar-refractivity contribution in [2.45, 2.75) is 44.8 Å². The van der Waals surface area contributed by atoms with E-state index in [0.29, 0.717) is 18.8 Å². The fourth-order valence-corrected chi connectivity index (χ4v) is 4.90. The molecule has 1 aliphatic carbocycles. The predicted molar refractivity (Wildman–Crippen MR) is 111 cm³/mol. The molecule has 0 bridgehead atoms. The van der Waals surface area contributed by atoms with Crippen molar-refractivity contribution >= 4 is 5.91 Å². The average molecular weight is 403 g/mol. The predicted octanol–water partition coefficient (Wildman–Crippen LogP) is 4.39. The molecular formula is C24H25N3O3. The highest BCUT2D eigenvalue weighted by Crippen LogP contribution is 2.49. The van der Waals surface area contributed by atoms with Gasteiger partial charge in [-0.25, -0.2) is 4.98 Å². The summed E-state index contributed by atoms with van der Waals surface area (Å²) in [5.41, 5.74) is 2.86. The number of ether oxygens (including phenoxy) is 1. The number of likely N-dealkylation sites (tertiary alicyclic amines) is 1. The Morgan fingerprint density at radius 1 is 1.17 bits per heavy atom. The number of aromatic nitrogens is 2. The van der Waals surface area contributed by atoms with Crippen LogP contribution in [0.15, 0.2) is 47.1 Å². The lowest BCUT2D eigenvalue weighted by Crippen LogP contribution is -2.50. The third-order valence-electron chi connectivity index (χ3n) is 6.68. The van der Waals surface area contributed by atoms with Gasteiger partial charge in [-0.1, -0.05) is 12.1 Å². The number of imidazole rings is 1. The number of carbonyl (C=O) groups excluding carboxylic acids is 1. The molecule has 6 rings (SSSR count). The van der Waals surface area contributed by atoms with Crippen molar-refractivity contribution in [3.63, 3.8) is 0 Å². The van der Waals surface area contributed by atoms with Gasteiger partial charge in [0.15, 0.2) is 11.4 Å². The number of hydrogen-bond acceptors (Lipinski definition) is 4. The van der Waals surface area contributed by atoms with Gasteiger partial charge in [0.2, 0.25) is 0 Å². The first kappa shape index (κ1) is 17.8. The maximum absolute atomic E-state index is 12.9. The summed E-state index contributed by atoms with van der Waals surface area (Å²) in [6.07, 6.45) is 6.07.